The molecule has 1 aromatic rings. The van der Waals surface area contributed by atoms with Gasteiger partial charge >= 0.3 is 0 Å². The zero-order valence-corrected chi connectivity index (χ0v) is 10.1. The van der Waals surface area contributed by atoms with Crippen LogP contribution in [0.25, 0.3) is 0 Å². The van der Waals surface area contributed by atoms with E-state index < -0.39 is 0 Å². The van der Waals surface area contributed by atoms with E-state index in [1.54, 1.807) is 23.5 Å². The number of hydrogen-bond donors (Lipinski definition) is 0. The van der Waals surface area contributed by atoms with Crippen molar-refractivity contribution in [1.29, 1.82) is 0 Å². The minimum Gasteiger partial charge on any atom is -0.0972 e. The molecule has 0 aromatic heterocycles. The van der Waals surface area contributed by atoms with Crippen LogP contribution in [0, 0.1) is 0 Å². The Labute approximate surface area is 94.5 Å². The Morgan fingerprint density at radius 1 is 0.857 bits per heavy atom. The first kappa shape index (κ1) is 11.5. The minimum atomic E-state index is 1.31. The van der Waals surface area contributed by atoms with Gasteiger partial charge < -0.3 is 0 Å². The summed E-state index contributed by atoms with van der Waals surface area (Å²) in [6.45, 7) is 4.07. The van der Waals surface area contributed by atoms with Crippen LogP contribution in [-0.2, 0) is 0 Å². The van der Waals surface area contributed by atoms with E-state index in [0.29, 0.717) is 0 Å². The molecule has 14 heavy (non-hydrogen) atoms. The second-order valence-electron chi connectivity index (χ2n) is 2.62. The molecule has 0 nitrogen and oxygen atoms in total. The summed E-state index contributed by atoms with van der Waals surface area (Å²) in [5.41, 5.74) is 0. The van der Waals surface area contributed by atoms with Gasteiger partial charge in [0.2, 0.25) is 0 Å². The molecule has 2 heteroatoms. The van der Waals surface area contributed by atoms with Crippen molar-refractivity contribution in [1.82, 2.24) is 0 Å². The largest absolute Gasteiger partial charge is 0.0972 e. The second kappa shape index (κ2) is 6.80. The number of benzene rings is 1. The molecule has 0 bridgehead atoms. The Bertz CT molecular complexity index is 294. The monoisotopic (exact) mass is 222 g/mol. The minimum absolute atomic E-state index is 1.31. The van der Waals surface area contributed by atoms with E-state index >= 15 is 0 Å². The van der Waals surface area contributed by atoms with E-state index in [1.807, 2.05) is 13.8 Å². The standard InChI is InChI=1S/C12H14S2/c1-3-9-13-11-7-5-6-8-12(11)14-10-4-2/h3-10H,1-2H3. The highest BCUT2D eigenvalue weighted by atomic mass is 32.2. The fourth-order valence-corrected chi connectivity index (χ4v) is 2.46. The average molecular weight is 222 g/mol. The number of thioether (sulfide) groups is 2. The maximum absolute atomic E-state index is 2.15. The highest BCUT2D eigenvalue weighted by molar-refractivity contribution is 8.05. The average Bonchev–Trinajstić information content (AvgIpc) is 2.24. The molecular formula is C12H14S2. The van der Waals surface area contributed by atoms with Gasteiger partial charge in [-0.25, -0.2) is 0 Å². The molecule has 0 aliphatic heterocycles. The van der Waals surface area contributed by atoms with Crippen molar-refractivity contribution in [3.8, 4) is 0 Å². The Hall–Kier alpha value is -0.600. The summed E-state index contributed by atoms with van der Waals surface area (Å²) in [5.74, 6) is 0. The summed E-state index contributed by atoms with van der Waals surface area (Å²) in [5, 5.41) is 4.21. The molecule has 0 saturated heterocycles. The van der Waals surface area contributed by atoms with Gasteiger partial charge in [0.05, 0.1) is 0 Å². The Morgan fingerprint density at radius 3 is 1.64 bits per heavy atom. The predicted molar refractivity (Wildman–Crippen MR) is 67.8 cm³/mol. The first-order valence-electron chi connectivity index (χ1n) is 4.53. The van der Waals surface area contributed by atoms with Crippen LogP contribution >= 0.6 is 23.5 Å². The van der Waals surface area contributed by atoms with E-state index in [0.717, 1.165) is 0 Å². The highest BCUT2D eigenvalue weighted by Crippen LogP contribution is 2.31. The topological polar surface area (TPSA) is 0 Å². The van der Waals surface area contributed by atoms with Gasteiger partial charge in [-0.1, -0.05) is 47.8 Å². The summed E-state index contributed by atoms with van der Waals surface area (Å²) < 4.78 is 0. The molecule has 0 aliphatic rings. The van der Waals surface area contributed by atoms with Gasteiger partial charge in [0.15, 0.2) is 0 Å². The summed E-state index contributed by atoms with van der Waals surface area (Å²) >= 11 is 3.52. The van der Waals surface area contributed by atoms with Crippen LogP contribution < -0.4 is 0 Å². The van der Waals surface area contributed by atoms with Crippen LogP contribution in [0.4, 0.5) is 0 Å². The lowest BCUT2D eigenvalue weighted by Crippen LogP contribution is -1.73. The molecule has 0 heterocycles. The lowest BCUT2D eigenvalue weighted by atomic mass is 10.4. The highest BCUT2D eigenvalue weighted by Gasteiger charge is 1.98. The van der Waals surface area contributed by atoms with Crippen molar-refractivity contribution in [2.24, 2.45) is 0 Å². The van der Waals surface area contributed by atoms with Gasteiger partial charge in [0, 0.05) is 9.79 Å². The van der Waals surface area contributed by atoms with E-state index in [9.17, 15) is 0 Å². The van der Waals surface area contributed by atoms with Crippen molar-refractivity contribution >= 4 is 23.5 Å². The number of rotatable bonds is 4. The quantitative estimate of drug-likeness (QED) is 0.662. The fourth-order valence-electron chi connectivity index (χ4n) is 0.928. The van der Waals surface area contributed by atoms with Crippen molar-refractivity contribution in [3.05, 3.63) is 47.2 Å². The molecule has 0 unspecified atom stereocenters. The summed E-state index contributed by atoms with van der Waals surface area (Å²) in [6, 6.07) is 8.45. The molecule has 1 aromatic carbocycles. The Kier molecular flexibility index (Phi) is 5.57. The molecule has 0 amide bonds. The molecule has 0 N–H and O–H groups in total. The van der Waals surface area contributed by atoms with Crippen LogP contribution in [0.5, 0.6) is 0 Å². The van der Waals surface area contributed by atoms with Crippen LogP contribution in [0.1, 0.15) is 13.8 Å². The summed E-state index contributed by atoms with van der Waals surface area (Å²) in [6.07, 6.45) is 4.11. The zero-order chi connectivity index (χ0) is 10.2. The zero-order valence-electron chi connectivity index (χ0n) is 8.44. The van der Waals surface area contributed by atoms with E-state index in [1.165, 1.54) is 9.79 Å². The van der Waals surface area contributed by atoms with E-state index in [2.05, 4.69) is 47.2 Å². The van der Waals surface area contributed by atoms with E-state index in [-0.39, 0.29) is 0 Å². The second-order valence-corrected chi connectivity index (χ2v) is 4.52. The third kappa shape index (κ3) is 3.64. The fraction of sp³-hybridized carbons (Fsp3) is 0.167. The molecular weight excluding hydrogens is 208 g/mol. The van der Waals surface area contributed by atoms with Gasteiger partial charge in [-0.2, -0.15) is 0 Å². The Morgan fingerprint density at radius 2 is 1.29 bits per heavy atom. The van der Waals surface area contributed by atoms with Gasteiger partial charge in [-0.15, -0.1) is 0 Å². The van der Waals surface area contributed by atoms with Gasteiger partial charge in [0.25, 0.3) is 0 Å². The summed E-state index contributed by atoms with van der Waals surface area (Å²) in [4.78, 5) is 2.63. The van der Waals surface area contributed by atoms with Crippen molar-refractivity contribution < 1.29 is 0 Å². The summed E-state index contributed by atoms with van der Waals surface area (Å²) in [7, 11) is 0. The molecule has 0 fully saturated rings. The molecule has 0 aliphatic carbocycles. The lowest BCUT2D eigenvalue weighted by molar-refractivity contribution is 1.26. The van der Waals surface area contributed by atoms with Gasteiger partial charge in [0.1, 0.15) is 0 Å². The number of allylic oxidation sites excluding steroid dienone is 2. The van der Waals surface area contributed by atoms with Crippen molar-refractivity contribution in [2.75, 3.05) is 0 Å². The predicted octanol–water partition coefficient (Wildman–Crippen LogP) is 4.94. The Balaban J connectivity index is 2.79. The molecule has 1 rings (SSSR count). The third-order valence-electron chi connectivity index (χ3n) is 1.51. The molecule has 0 radical (unpaired) electrons. The van der Waals surface area contributed by atoms with Crippen molar-refractivity contribution in [3.63, 3.8) is 0 Å². The van der Waals surface area contributed by atoms with Crippen molar-refractivity contribution in [2.45, 2.75) is 23.6 Å². The normalized spacial score (nSPS) is 11.6. The van der Waals surface area contributed by atoms with Crippen LogP contribution in [0.3, 0.4) is 0 Å². The molecule has 0 saturated carbocycles. The number of hydrogen-bond acceptors (Lipinski definition) is 2. The van der Waals surface area contributed by atoms with Crippen LogP contribution in [0.15, 0.2) is 57.0 Å². The lowest BCUT2D eigenvalue weighted by Gasteiger charge is -2.02. The van der Waals surface area contributed by atoms with Crippen LogP contribution in [-0.4, -0.2) is 0 Å². The van der Waals surface area contributed by atoms with Crippen LogP contribution in [0.2, 0.25) is 0 Å². The molecule has 0 spiro atoms. The van der Waals surface area contributed by atoms with Gasteiger partial charge in [-0.3, -0.25) is 0 Å². The molecule has 0 atom stereocenters. The first-order valence-corrected chi connectivity index (χ1v) is 6.29. The SMILES string of the molecule is CC=CSc1ccccc1SC=CC. The maximum atomic E-state index is 2.15. The smallest absolute Gasteiger partial charge is 0.0255 e. The van der Waals surface area contributed by atoms with E-state index in [4.69, 9.17) is 0 Å². The van der Waals surface area contributed by atoms with Gasteiger partial charge in [-0.05, 0) is 36.8 Å². The first-order chi connectivity index (χ1) is 6.88. The maximum Gasteiger partial charge on any atom is 0.0255 e. The molecule has 74 valence electrons. The third-order valence-corrected chi connectivity index (χ3v) is 3.68.